The van der Waals surface area contributed by atoms with Gasteiger partial charge in [0, 0.05) is 16.9 Å². The molecule has 1 aromatic rings. The van der Waals surface area contributed by atoms with Gasteiger partial charge in [-0.3, -0.25) is 9.78 Å². The molecule has 6 heteroatoms. The highest BCUT2D eigenvalue weighted by Gasteiger charge is 2.43. The fourth-order valence-corrected chi connectivity index (χ4v) is 3.16. The number of aliphatic carboxylic acids is 1. The number of carbonyl (C=O) groups is 2. The van der Waals surface area contributed by atoms with Crippen molar-refractivity contribution >= 4 is 27.8 Å². The van der Waals surface area contributed by atoms with E-state index in [9.17, 15) is 14.7 Å². The van der Waals surface area contributed by atoms with Crippen molar-refractivity contribution in [2.24, 2.45) is 5.92 Å². The van der Waals surface area contributed by atoms with E-state index in [1.807, 2.05) is 0 Å². The van der Waals surface area contributed by atoms with Gasteiger partial charge in [0.1, 0.15) is 5.54 Å². The summed E-state index contributed by atoms with van der Waals surface area (Å²) in [5.74, 6) is -0.781. The van der Waals surface area contributed by atoms with Crippen LogP contribution in [0.5, 0.6) is 0 Å². The van der Waals surface area contributed by atoms with Gasteiger partial charge in [-0.15, -0.1) is 0 Å². The predicted molar refractivity (Wildman–Crippen MR) is 82.0 cm³/mol. The van der Waals surface area contributed by atoms with Crippen LogP contribution in [0.2, 0.25) is 0 Å². The van der Waals surface area contributed by atoms with Crippen LogP contribution in [-0.2, 0) is 4.79 Å². The molecule has 0 aromatic carbocycles. The number of rotatable bonds is 4. The summed E-state index contributed by atoms with van der Waals surface area (Å²) in [6, 6.07) is 1.63. The quantitative estimate of drug-likeness (QED) is 0.870. The maximum Gasteiger partial charge on any atom is 0.329 e. The average molecular weight is 355 g/mol. The molecular weight excluding hydrogens is 336 g/mol. The molecule has 1 saturated carbocycles. The number of nitrogens with one attached hydrogen (secondary N) is 1. The first kappa shape index (κ1) is 15.9. The molecule has 0 atom stereocenters. The van der Waals surface area contributed by atoms with Gasteiger partial charge in [-0.2, -0.15) is 0 Å². The zero-order valence-electron chi connectivity index (χ0n) is 11.9. The first-order valence-corrected chi connectivity index (χ1v) is 7.92. The lowest BCUT2D eigenvalue weighted by Crippen LogP contribution is -2.56. The number of pyridine rings is 1. The van der Waals surface area contributed by atoms with Gasteiger partial charge >= 0.3 is 5.97 Å². The Bertz CT molecular complexity index is 539. The zero-order valence-corrected chi connectivity index (χ0v) is 13.5. The van der Waals surface area contributed by atoms with Crippen LogP contribution in [0.25, 0.3) is 0 Å². The van der Waals surface area contributed by atoms with Gasteiger partial charge in [0.05, 0.1) is 5.56 Å². The fourth-order valence-electron chi connectivity index (χ4n) is 2.80. The number of carbonyl (C=O) groups excluding carboxylic acids is 1. The van der Waals surface area contributed by atoms with Gasteiger partial charge in [0.2, 0.25) is 0 Å². The Kier molecular flexibility index (Phi) is 4.98. The number of carboxylic acid groups (broad SMARTS) is 1. The lowest BCUT2D eigenvalue weighted by atomic mass is 9.75. The Morgan fingerprint density at radius 2 is 2.10 bits per heavy atom. The largest absolute Gasteiger partial charge is 0.480 e. The molecule has 0 radical (unpaired) electrons. The number of carboxylic acids is 1. The van der Waals surface area contributed by atoms with E-state index in [4.69, 9.17) is 0 Å². The van der Waals surface area contributed by atoms with Crippen molar-refractivity contribution in [1.29, 1.82) is 0 Å². The van der Waals surface area contributed by atoms with Gasteiger partial charge < -0.3 is 10.4 Å². The van der Waals surface area contributed by atoms with E-state index < -0.39 is 11.5 Å². The Hall–Kier alpha value is -1.43. The molecule has 5 nitrogen and oxygen atoms in total. The van der Waals surface area contributed by atoms with Crippen LogP contribution in [0.3, 0.4) is 0 Å². The number of aromatic nitrogens is 1. The molecule has 1 aromatic heterocycles. The second-order valence-corrected chi connectivity index (χ2v) is 6.50. The van der Waals surface area contributed by atoms with Crippen molar-refractivity contribution in [2.75, 3.05) is 0 Å². The second kappa shape index (κ2) is 6.56. The molecule has 0 saturated heterocycles. The molecule has 0 unspecified atom stereocenters. The van der Waals surface area contributed by atoms with Gasteiger partial charge in [0.15, 0.2) is 0 Å². The van der Waals surface area contributed by atoms with Crippen LogP contribution in [0, 0.1) is 5.92 Å². The zero-order chi connectivity index (χ0) is 15.5. The SMILES string of the molecule is CCC1CCC(NC(=O)c2cncc(Br)c2)(C(=O)O)CC1. The first-order valence-electron chi connectivity index (χ1n) is 7.13. The number of nitrogens with zero attached hydrogens (tertiary/aromatic N) is 1. The monoisotopic (exact) mass is 354 g/mol. The van der Waals surface area contributed by atoms with Crippen LogP contribution in [-0.4, -0.2) is 27.5 Å². The minimum Gasteiger partial charge on any atom is -0.480 e. The number of halogens is 1. The number of amides is 1. The number of hydrogen-bond acceptors (Lipinski definition) is 3. The fraction of sp³-hybridized carbons (Fsp3) is 0.533. The Morgan fingerprint density at radius 3 is 2.62 bits per heavy atom. The molecule has 1 aliphatic rings. The first-order chi connectivity index (χ1) is 9.97. The third-order valence-electron chi connectivity index (χ3n) is 4.27. The summed E-state index contributed by atoms with van der Waals surface area (Å²) in [6.45, 7) is 2.12. The van der Waals surface area contributed by atoms with Crippen molar-refractivity contribution in [1.82, 2.24) is 10.3 Å². The molecule has 1 fully saturated rings. The molecule has 1 aliphatic carbocycles. The average Bonchev–Trinajstić information content (AvgIpc) is 2.47. The van der Waals surface area contributed by atoms with E-state index in [0.29, 0.717) is 28.8 Å². The highest BCUT2D eigenvalue weighted by atomic mass is 79.9. The van der Waals surface area contributed by atoms with Crippen molar-refractivity contribution in [3.63, 3.8) is 0 Å². The van der Waals surface area contributed by atoms with E-state index in [-0.39, 0.29) is 5.91 Å². The molecule has 1 amide bonds. The van der Waals surface area contributed by atoms with Crippen LogP contribution in [0.15, 0.2) is 22.9 Å². The highest BCUT2D eigenvalue weighted by molar-refractivity contribution is 9.10. The standard InChI is InChI=1S/C15H19BrN2O3/c1-2-10-3-5-15(6-4-10,14(20)21)18-13(19)11-7-12(16)9-17-8-11/h7-10H,2-6H2,1H3,(H,18,19)(H,20,21). The lowest BCUT2D eigenvalue weighted by Gasteiger charge is -2.37. The Balaban J connectivity index is 2.14. The normalized spacial score (nSPS) is 25.3. The molecule has 2 N–H and O–H groups in total. The lowest BCUT2D eigenvalue weighted by molar-refractivity contribution is -0.146. The van der Waals surface area contributed by atoms with Gasteiger partial charge in [-0.05, 0) is 53.6 Å². The predicted octanol–water partition coefficient (Wildman–Crippen LogP) is 3.00. The molecule has 0 aliphatic heterocycles. The molecule has 1 heterocycles. The van der Waals surface area contributed by atoms with Crippen molar-refractivity contribution in [3.05, 3.63) is 28.5 Å². The minimum atomic E-state index is -1.15. The summed E-state index contributed by atoms with van der Waals surface area (Å²) in [5.41, 5.74) is -0.784. The third-order valence-corrected chi connectivity index (χ3v) is 4.70. The smallest absolute Gasteiger partial charge is 0.329 e. The van der Waals surface area contributed by atoms with Crippen LogP contribution < -0.4 is 5.32 Å². The molecular formula is C15H19BrN2O3. The molecule has 21 heavy (non-hydrogen) atoms. The van der Waals surface area contributed by atoms with Crippen molar-refractivity contribution < 1.29 is 14.7 Å². The van der Waals surface area contributed by atoms with E-state index in [0.717, 1.165) is 19.3 Å². The maximum atomic E-state index is 12.3. The van der Waals surface area contributed by atoms with E-state index in [2.05, 4.69) is 33.2 Å². The number of hydrogen-bond donors (Lipinski definition) is 2. The summed E-state index contributed by atoms with van der Waals surface area (Å²) in [4.78, 5) is 27.9. The van der Waals surface area contributed by atoms with E-state index in [1.54, 1.807) is 12.3 Å². The topological polar surface area (TPSA) is 79.3 Å². The highest BCUT2D eigenvalue weighted by Crippen LogP contribution is 2.34. The van der Waals surface area contributed by atoms with Crippen LogP contribution >= 0.6 is 15.9 Å². The minimum absolute atomic E-state index is 0.364. The van der Waals surface area contributed by atoms with E-state index >= 15 is 0 Å². The summed E-state index contributed by atoms with van der Waals surface area (Å²) < 4.78 is 0.689. The van der Waals surface area contributed by atoms with Crippen molar-refractivity contribution in [2.45, 2.75) is 44.6 Å². The van der Waals surface area contributed by atoms with Gasteiger partial charge in [0.25, 0.3) is 5.91 Å². The Morgan fingerprint density at radius 1 is 1.43 bits per heavy atom. The summed E-state index contributed by atoms with van der Waals surface area (Å²) in [5, 5.41) is 12.3. The second-order valence-electron chi connectivity index (χ2n) is 5.58. The molecule has 114 valence electrons. The summed E-state index contributed by atoms with van der Waals surface area (Å²) >= 11 is 3.26. The van der Waals surface area contributed by atoms with Crippen LogP contribution in [0.1, 0.15) is 49.4 Å². The van der Waals surface area contributed by atoms with Crippen LogP contribution in [0.4, 0.5) is 0 Å². The van der Waals surface area contributed by atoms with E-state index in [1.165, 1.54) is 6.20 Å². The maximum absolute atomic E-state index is 12.3. The Labute approximate surface area is 132 Å². The van der Waals surface area contributed by atoms with Crippen molar-refractivity contribution in [3.8, 4) is 0 Å². The van der Waals surface area contributed by atoms with Gasteiger partial charge in [-0.1, -0.05) is 13.3 Å². The molecule has 0 spiro atoms. The third kappa shape index (κ3) is 3.61. The summed E-state index contributed by atoms with van der Waals surface area (Å²) in [6.07, 6.45) is 6.70. The molecule has 0 bridgehead atoms. The summed E-state index contributed by atoms with van der Waals surface area (Å²) in [7, 11) is 0. The molecule has 2 rings (SSSR count). The van der Waals surface area contributed by atoms with Gasteiger partial charge in [-0.25, -0.2) is 4.79 Å².